The highest BCUT2D eigenvalue weighted by Gasteiger charge is 2.36. The summed E-state index contributed by atoms with van der Waals surface area (Å²) in [4.78, 5) is 38.3. The van der Waals surface area contributed by atoms with Crippen LogP contribution in [0, 0.1) is 13.8 Å². The predicted molar refractivity (Wildman–Crippen MR) is 107 cm³/mol. The molecule has 0 saturated carbocycles. The Kier molecular flexibility index (Phi) is 5.51. The molecule has 1 aliphatic heterocycles. The number of benzene rings is 1. The molecule has 0 radical (unpaired) electrons. The highest BCUT2D eigenvalue weighted by atomic mass is 32.2. The van der Waals surface area contributed by atoms with Gasteiger partial charge in [-0.25, -0.2) is 0 Å². The molecule has 0 spiro atoms. The van der Waals surface area contributed by atoms with Gasteiger partial charge in [0.05, 0.1) is 4.91 Å². The quantitative estimate of drug-likeness (QED) is 0.797. The number of hydrogen-bond acceptors (Lipinski definition) is 4. The van der Waals surface area contributed by atoms with Crippen molar-refractivity contribution >= 4 is 40.6 Å². The van der Waals surface area contributed by atoms with Crippen molar-refractivity contribution in [1.29, 1.82) is 0 Å². The molecule has 0 aliphatic carbocycles. The van der Waals surface area contributed by atoms with Crippen LogP contribution < -0.4 is 5.32 Å². The number of nitrogens with one attached hydrogen (secondary N) is 1. The van der Waals surface area contributed by atoms with Crippen LogP contribution in [-0.2, 0) is 16.1 Å². The summed E-state index contributed by atoms with van der Waals surface area (Å²) in [5.41, 5.74) is 3.68. The Labute approximate surface area is 162 Å². The fraction of sp³-hybridized carbons (Fsp3) is 0.250. The van der Waals surface area contributed by atoms with Gasteiger partial charge in [0.2, 0.25) is 5.91 Å². The molecule has 140 valence electrons. The second-order valence-corrected chi connectivity index (χ2v) is 7.25. The number of hydrogen-bond donors (Lipinski definition) is 1. The molecular formula is C20H21N3O3S. The van der Waals surface area contributed by atoms with Gasteiger partial charge in [0, 0.05) is 23.6 Å². The van der Waals surface area contributed by atoms with Gasteiger partial charge in [-0.05, 0) is 62.4 Å². The molecule has 1 fully saturated rings. The number of amides is 3. The number of carbonyl (C=O) groups excluding carboxylic acids is 3. The van der Waals surface area contributed by atoms with Gasteiger partial charge in [-0.2, -0.15) is 0 Å². The molecule has 2 heterocycles. The lowest BCUT2D eigenvalue weighted by Gasteiger charge is -2.12. The number of thioether (sulfide) groups is 1. The summed E-state index contributed by atoms with van der Waals surface area (Å²) in [6.07, 6.45) is 1.73. The Hall–Kier alpha value is -2.80. The number of carbonyl (C=O) groups is 3. The number of aryl methyl sites for hydroxylation is 1. The van der Waals surface area contributed by atoms with Crippen LogP contribution in [0.25, 0.3) is 6.08 Å². The van der Waals surface area contributed by atoms with Gasteiger partial charge in [0.15, 0.2) is 0 Å². The Morgan fingerprint density at radius 3 is 2.52 bits per heavy atom. The molecule has 6 nitrogen and oxygen atoms in total. The number of imide groups is 1. The van der Waals surface area contributed by atoms with E-state index in [2.05, 4.69) is 16.8 Å². The van der Waals surface area contributed by atoms with Crippen LogP contribution in [0.5, 0.6) is 0 Å². The van der Waals surface area contributed by atoms with Crippen LogP contribution in [0.15, 0.2) is 41.3 Å². The van der Waals surface area contributed by atoms with Gasteiger partial charge in [-0.3, -0.25) is 19.3 Å². The minimum absolute atomic E-state index is 0.301. The zero-order chi connectivity index (χ0) is 19.6. The molecule has 3 amide bonds. The largest absolute Gasteiger partial charge is 0.349 e. The fourth-order valence-electron chi connectivity index (χ4n) is 3.10. The van der Waals surface area contributed by atoms with Gasteiger partial charge in [-0.1, -0.05) is 18.2 Å². The van der Waals surface area contributed by atoms with Crippen LogP contribution in [0.3, 0.4) is 0 Å². The molecule has 1 aromatic carbocycles. The molecule has 1 aliphatic rings. The van der Waals surface area contributed by atoms with Crippen LogP contribution >= 0.6 is 11.8 Å². The van der Waals surface area contributed by atoms with Gasteiger partial charge in [0.25, 0.3) is 11.1 Å². The van der Waals surface area contributed by atoms with Gasteiger partial charge in [0.1, 0.15) is 6.54 Å². The number of rotatable bonds is 5. The first-order valence-electron chi connectivity index (χ1n) is 8.67. The van der Waals surface area contributed by atoms with Crippen LogP contribution in [0.2, 0.25) is 0 Å². The Morgan fingerprint density at radius 2 is 1.89 bits per heavy atom. The standard InChI is InChI=1S/C20H21N3O3S/c1-4-22-13(2)10-15(14(22)3)11-17-19(25)23(20(26)27-17)12-18(24)21-16-8-6-5-7-9-16/h5-11H,4,12H2,1-3H3,(H,21,24)/b17-11+. The fourth-order valence-corrected chi connectivity index (χ4v) is 3.93. The van der Waals surface area contributed by atoms with Crippen LogP contribution in [-0.4, -0.2) is 33.1 Å². The predicted octanol–water partition coefficient (Wildman–Crippen LogP) is 3.80. The van der Waals surface area contributed by atoms with E-state index in [0.29, 0.717) is 10.6 Å². The zero-order valence-electron chi connectivity index (χ0n) is 15.5. The lowest BCUT2D eigenvalue weighted by Crippen LogP contribution is -2.36. The summed E-state index contributed by atoms with van der Waals surface area (Å²) in [6.45, 7) is 6.59. The average molecular weight is 383 g/mol. The van der Waals surface area contributed by atoms with Gasteiger partial charge >= 0.3 is 0 Å². The Balaban J connectivity index is 1.74. The van der Waals surface area contributed by atoms with Crippen molar-refractivity contribution in [3.8, 4) is 0 Å². The van der Waals surface area contributed by atoms with Crippen molar-refractivity contribution < 1.29 is 14.4 Å². The summed E-state index contributed by atoms with van der Waals surface area (Å²) in [6, 6.07) is 10.9. The maximum absolute atomic E-state index is 12.6. The third-order valence-electron chi connectivity index (χ3n) is 4.45. The third-order valence-corrected chi connectivity index (χ3v) is 5.36. The summed E-state index contributed by atoms with van der Waals surface area (Å²) < 4.78 is 2.14. The van der Waals surface area contributed by atoms with E-state index in [-0.39, 0.29) is 6.54 Å². The van der Waals surface area contributed by atoms with E-state index in [1.165, 1.54) is 0 Å². The highest BCUT2D eigenvalue weighted by molar-refractivity contribution is 8.18. The minimum atomic E-state index is -0.436. The molecule has 3 rings (SSSR count). The van der Waals surface area contributed by atoms with E-state index in [1.807, 2.05) is 26.0 Å². The molecule has 0 unspecified atom stereocenters. The SMILES string of the molecule is CCn1c(C)cc(/C=C2/SC(=O)N(CC(=O)Nc3ccccc3)C2=O)c1C. The topological polar surface area (TPSA) is 71.4 Å². The monoisotopic (exact) mass is 383 g/mol. The van der Waals surface area contributed by atoms with E-state index < -0.39 is 17.1 Å². The molecule has 2 aromatic rings. The molecule has 27 heavy (non-hydrogen) atoms. The van der Waals surface area contributed by atoms with Crippen molar-refractivity contribution in [2.45, 2.75) is 27.3 Å². The first-order chi connectivity index (χ1) is 12.9. The van der Waals surface area contributed by atoms with E-state index >= 15 is 0 Å². The van der Waals surface area contributed by atoms with E-state index in [9.17, 15) is 14.4 Å². The van der Waals surface area contributed by atoms with Crippen molar-refractivity contribution in [2.75, 3.05) is 11.9 Å². The summed E-state index contributed by atoms with van der Waals surface area (Å²) in [5, 5.41) is 2.25. The highest BCUT2D eigenvalue weighted by Crippen LogP contribution is 2.33. The van der Waals surface area contributed by atoms with E-state index in [4.69, 9.17) is 0 Å². The number of aromatic nitrogens is 1. The molecule has 0 atom stereocenters. The van der Waals surface area contributed by atoms with E-state index in [1.54, 1.807) is 30.3 Å². The first kappa shape index (κ1) is 19.0. The maximum atomic E-state index is 12.6. The molecule has 1 N–H and O–H groups in total. The lowest BCUT2D eigenvalue weighted by atomic mass is 10.2. The minimum Gasteiger partial charge on any atom is -0.349 e. The average Bonchev–Trinajstić information content (AvgIpc) is 3.05. The van der Waals surface area contributed by atoms with Crippen molar-refractivity contribution in [3.63, 3.8) is 0 Å². The lowest BCUT2D eigenvalue weighted by molar-refractivity contribution is -0.127. The smallest absolute Gasteiger partial charge is 0.294 e. The number of anilines is 1. The number of nitrogens with zero attached hydrogens (tertiary/aromatic N) is 2. The molecule has 1 aromatic heterocycles. The van der Waals surface area contributed by atoms with Crippen LogP contribution in [0.1, 0.15) is 23.9 Å². The second-order valence-electron chi connectivity index (χ2n) is 6.25. The van der Waals surface area contributed by atoms with Gasteiger partial charge in [-0.15, -0.1) is 0 Å². The zero-order valence-corrected chi connectivity index (χ0v) is 16.3. The van der Waals surface area contributed by atoms with Crippen molar-refractivity contribution in [3.05, 3.63) is 58.3 Å². The maximum Gasteiger partial charge on any atom is 0.294 e. The molecule has 0 bridgehead atoms. The summed E-state index contributed by atoms with van der Waals surface area (Å²) in [5.74, 6) is -0.844. The first-order valence-corrected chi connectivity index (χ1v) is 9.49. The molecule has 7 heteroatoms. The number of para-hydroxylation sites is 1. The van der Waals surface area contributed by atoms with Crippen LogP contribution in [0.4, 0.5) is 10.5 Å². The van der Waals surface area contributed by atoms with Crippen molar-refractivity contribution in [2.24, 2.45) is 0 Å². The Bertz CT molecular complexity index is 931. The molecular weight excluding hydrogens is 362 g/mol. The molecule has 1 saturated heterocycles. The summed E-state index contributed by atoms with van der Waals surface area (Å²) in [7, 11) is 0. The third kappa shape index (κ3) is 3.98. The van der Waals surface area contributed by atoms with E-state index in [0.717, 1.165) is 40.2 Å². The normalized spacial score (nSPS) is 15.7. The second kappa shape index (κ2) is 7.84. The summed E-state index contributed by atoms with van der Waals surface area (Å²) >= 11 is 0.866. The van der Waals surface area contributed by atoms with Crippen molar-refractivity contribution in [1.82, 2.24) is 9.47 Å². The van der Waals surface area contributed by atoms with Gasteiger partial charge < -0.3 is 9.88 Å². The Morgan fingerprint density at radius 1 is 1.19 bits per heavy atom.